The zero-order valence-corrected chi connectivity index (χ0v) is 22.2. The maximum atomic E-state index is 14.5. The van der Waals surface area contributed by atoms with Crippen LogP contribution in [0, 0.1) is 10.8 Å². The van der Waals surface area contributed by atoms with Crippen LogP contribution in [-0.2, 0) is 4.79 Å². The molecule has 186 valence electrons. The van der Waals surface area contributed by atoms with Crippen LogP contribution >= 0.6 is 23.2 Å². The van der Waals surface area contributed by atoms with Gasteiger partial charge in [-0.05, 0) is 41.5 Å². The molecule has 1 fully saturated rings. The summed E-state index contributed by atoms with van der Waals surface area (Å²) in [5.41, 5.74) is 0.953. The maximum absolute atomic E-state index is 14.5. The summed E-state index contributed by atoms with van der Waals surface area (Å²) in [5, 5.41) is 1.11. The van der Waals surface area contributed by atoms with Crippen molar-refractivity contribution in [2.75, 3.05) is 4.90 Å². The fraction of sp³-hybridized carbons (Fsp3) is 0.258. The lowest BCUT2D eigenvalue weighted by atomic mass is 9.63. The molecule has 6 heteroatoms. The van der Waals surface area contributed by atoms with E-state index in [4.69, 9.17) is 23.2 Å². The van der Waals surface area contributed by atoms with Crippen molar-refractivity contribution in [2.45, 2.75) is 38.8 Å². The van der Waals surface area contributed by atoms with Crippen LogP contribution in [0.1, 0.15) is 58.5 Å². The monoisotopic (exact) mass is 529 g/mol. The predicted octanol–water partition coefficient (Wildman–Crippen LogP) is 7.04. The number of benzene rings is 3. The summed E-state index contributed by atoms with van der Waals surface area (Å²) in [5.74, 6) is -1.24. The van der Waals surface area contributed by atoms with E-state index in [1.165, 1.54) is 0 Å². The van der Waals surface area contributed by atoms with Gasteiger partial charge in [-0.1, -0.05) is 92.5 Å². The van der Waals surface area contributed by atoms with E-state index in [0.29, 0.717) is 21.2 Å². The van der Waals surface area contributed by atoms with E-state index in [-0.39, 0.29) is 17.3 Å². The third-order valence-corrected chi connectivity index (χ3v) is 8.49. The van der Waals surface area contributed by atoms with Crippen LogP contribution in [0.5, 0.6) is 0 Å². The van der Waals surface area contributed by atoms with E-state index in [9.17, 15) is 14.4 Å². The normalized spacial score (nSPS) is 23.3. The summed E-state index contributed by atoms with van der Waals surface area (Å²) < 4.78 is 0. The number of anilines is 1. The van der Waals surface area contributed by atoms with E-state index >= 15 is 0 Å². The minimum Gasteiger partial charge on any atom is -0.352 e. The molecule has 0 bridgehead atoms. The van der Waals surface area contributed by atoms with Crippen LogP contribution in [0.4, 0.5) is 5.69 Å². The highest BCUT2D eigenvalue weighted by Gasteiger charge is 2.71. The third kappa shape index (κ3) is 3.25. The molecule has 0 N–H and O–H groups in total. The minimum atomic E-state index is -1.50. The van der Waals surface area contributed by atoms with Crippen LogP contribution in [-0.4, -0.2) is 29.4 Å². The van der Waals surface area contributed by atoms with Gasteiger partial charge in [0.05, 0.1) is 12.1 Å². The average molecular weight is 530 g/mol. The van der Waals surface area contributed by atoms with Crippen molar-refractivity contribution in [2.24, 2.45) is 10.8 Å². The predicted molar refractivity (Wildman–Crippen MR) is 147 cm³/mol. The van der Waals surface area contributed by atoms with Gasteiger partial charge in [-0.15, -0.1) is 0 Å². The highest BCUT2D eigenvalue weighted by molar-refractivity contribution is 6.33. The highest BCUT2D eigenvalue weighted by Crippen LogP contribution is 2.61. The summed E-state index contributed by atoms with van der Waals surface area (Å²) in [6, 6.07) is 18.3. The molecular formula is C31H25Cl2NO3. The van der Waals surface area contributed by atoms with Gasteiger partial charge < -0.3 is 4.90 Å². The second-order valence-corrected chi connectivity index (χ2v) is 11.9. The quantitative estimate of drug-likeness (QED) is 0.334. The van der Waals surface area contributed by atoms with Gasteiger partial charge in [0, 0.05) is 38.2 Å². The number of nitrogens with zero attached hydrogens (tertiary/aromatic N) is 1. The fourth-order valence-electron chi connectivity index (χ4n) is 6.43. The van der Waals surface area contributed by atoms with Crippen LogP contribution < -0.4 is 4.90 Å². The fourth-order valence-corrected chi connectivity index (χ4v) is 6.74. The zero-order valence-electron chi connectivity index (χ0n) is 20.7. The van der Waals surface area contributed by atoms with Crippen molar-refractivity contribution in [1.29, 1.82) is 0 Å². The number of rotatable bonds is 2. The molecule has 2 heterocycles. The van der Waals surface area contributed by atoms with Crippen LogP contribution in [0.25, 0.3) is 6.08 Å². The molecular weight excluding hydrogens is 505 g/mol. The van der Waals surface area contributed by atoms with Gasteiger partial charge in [-0.2, -0.15) is 0 Å². The van der Waals surface area contributed by atoms with Crippen molar-refractivity contribution >= 4 is 52.3 Å². The Morgan fingerprint density at radius 3 is 2.05 bits per heavy atom. The molecule has 4 nitrogen and oxygen atoms in total. The second-order valence-electron chi connectivity index (χ2n) is 11.1. The Hall–Kier alpha value is -3.21. The summed E-state index contributed by atoms with van der Waals surface area (Å²) in [6.45, 7) is 5.64. The van der Waals surface area contributed by atoms with Gasteiger partial charge in [0.15, 0.2) is 17.3 Å². The van der Waals surface area contributed by atoms with Gasteiger partial charge in [0.2, 0.25) is 0 Å². The van der Waals surface area contributed by atoms with Crippen molar-refractivity contribution in [3.63, 3.8) is 0 Å². The second kappa shape index (κ2) is 8.14. The molecule has 0 amide bonds. The SMILES string of the molecule is CC(C)(C)C(=O)[C@H]1[C@H](c2ccc(Cl)cc2)C2(C(=O)c3ccccc3C2=O)[C@@H]2C=Cc3cc(Cl)ccc3N21. The van der Waals surface area contributed by atoms with Crippen LogP contribution in [0.2, 0.25) is 10.0 Å². The largest absolute Gasteiger partial charge is 0.352 e. The molecule has 2 aliphatic heterocycles. The summed E-state index contributed by atoms with van der Waals surface area (Å²) >= 11 is 12.6. The highest BCUT2D eigenvalue weighted by atomic mass is 35.5. The lowest BCUT2D eigenvalue weighted by Gasteiger charge is -2.38. The standard InChI is InChI=1S/C31H25Cl2NO3/c1-30(2,3)29(37)26-25(17-8-11-19(32)12-9-17)31(27(35)21-6-4-5-7-22(21)28(31)36)24-15-10-18-16-20(33)13-14-23(18)34(24)26/h4-16,24-26H,1-3H3/t24-,25-,26+/m0/s1. The van der Waals surface area contributed by atoms with Gasteiger partial charge in [-0.25, -0.2) is 0 Å². The average Bonchev–Trinajstić information content (AvgIpc) is 3.29. The van der Waals surface area contributed by atoms with Crippen LogP contribution in [0.3, 0.4) is 0 Å². The molecule has 1 aliphatic carbocycles. The molecule has 1 spiro atoms. The van der Waals surface area contributed by atoms with E-state index in [2.05, 4.69) is 0 Å². The lowest BCUT2D eigenvalue weighted by Crippen LogP contribution is -2.49. The number of hydrogen-bond donors (Lipinski definition) is 0. The van der Waals surface area contributed by atoms with Gasteiger partial charge in [0.25, 0.3) is 0 Å². The molecule has 37 heavy (non-hydrogen) atoms. The Kier molecular flexibility index (Phi) is 5.31. The van der Waals surface area contributed by atoms with E-state index in [1.807, 2.05) is 62.1 Å². The van der Waals surface area contributed by atoms with Gasteiger partial charge >= 0.3 is 0 Å². The molecule has 6 rings (SSSR count). The number of carbonyl (C=O) groups is 3. The molecule has 0 radical (unpaired) electrons. The molecule has 3 aliphatic rings. The molecule has 3 aromatic carbocycles. The number of fused-ring (bicyclic) bond motifs is 5. The van der Waals surface area contributed by atoms with E-state index < -0.39 is 28.8 Å². The third-order valence-electron chi connectivity index (χ3n) is 8.00. The molecule has 3 aromatic rings. The Morgan fingerprint density at radius 1 is 0.865 bits per heavy atom. The van der Waals surface area contributed by atoms with E-state index in [1.54, 1.807) is 42.5 Å². The smallest absolute Gasteiger partial charge is 0.180 e. The first-order chi connectivity index (χ1) is 17.6. The number of hydrogen-bond acceptors (Lipinski definition) is 4. The molecule has 0 unspecified atom stereocenters. The first-order valence-corrected chi connectivity index (χ1v) is 13.1. The lowest BCUT2D eigenvalue weighted by molar-refractivity contribution is -0.127. The molecule has 0 aromatic heterocycles. The van der Waals surface area contributed by atoms with Crippen molar-refractivity contribution in [3.8, 4) is 0 Å². The zero-order chi connectivity index (χ0) is 26.3. The maximum Gasteiger partial charge on any atom is 0.180 e. The number of ketones is 3. The van der Waals surface area contributed by atoms with E-state index in [0.717, 1.165) is 16.8 Å². The van der Waals surface area contributed by atoms with Crippen LogP contribution in [0.15, 0.2) is 72.8 Å². The molecule has 3 atom stereocenters. The molecule has 0 saturated carbocycles. The van der Waals surface area contributed by atoms with Crippen molar-refractivity contribution in [1.82, 2.24) is 0 Å². The van der Waals surface area contributed by atoms with Gasteiger partial charge in [0.1, 0.15) is 5.41 Å². The minimum absolute atomic E-state index is 0.0397. The first kappa shape index (κ1) is 24.1. The number of Topliss-reactive ketones (excluding diaryl/α,β-unsaturated/α-hetero) is 3. The Bertz CT molecular complexity index is 1480. The Morgan fingerprint density at radius 2 is 1.46 bits per heavy atom. The first-order valence-electron chi connectivity index (χ1n) is 12.3. The summed E-state index contributed by atoms with van der Waals surface area (Å²) in [7, 11) is 0. The topological polar surface area (TPSA) is 54.5 Å². The summed E-state index contributed by atoms with van der Waals surface area (Å²) in [6.07, 6.45) is 3.82. The van der Waals surface area contributed by atoms with Crippen molar-refractivity contribution < 1.29 is 14.4 Å². The van der Waals surface area contributed by atoms with Gasteiger partial charge in [-0.3, -0.25) is 14.4 Å². The Balaban J connectivity index is 1.70. The number of halogens is 2. The summed E-state index contributed by atoms with van der Waals surface area (Å²) in [4.78, 5) is 45.3. The van der Waals surface area contributed by atoms with Crippen molar-refractivity contribution in [3.05, 3.63) is 105 Å². The Labute approximate surface area is 225 Å². The number of carbonyl (C=O) groups excluding carboxylic acids is 3. The molecule has 1 saturated heterocycles.